The van der Waals surface area contributed by atoms with Crippen molar-refractivity contribution in [1.29, 1.82) is 0 Å². The second-order valence-electron chi connectivity index (χ2n) is 7.81. The van der Waals surface area contributed by atoms with Crippen LogP contribution >= 0.6 is 11.6 Å². The zero-order valence-electron chi connectivity index (χ0n) is 15.4. The average molecular weight is 385 g/mol. The summed E-state index contributed by atoms with van der Waals surface area (Å²) in [4.78, 5) is 26.2. The standard InChI is InChI=1S/C17H25ClN4O4/c1-17(2,3)26-16(24)21-8-4-5-12(9-21)22-14(11-6-7-11)13(19-20-22)15(23)25-10-18/h11-12H,4-10H2,1-3H3. The zero-order valence-corrected chi connectivity index (χ0v) is 16.2. The zero-order chi connectivity index (χ0) is 18.9. The molecule has 1 aromatic rings. The van der Waals surface area contributed by atoms with E-state index in [0.29, 0.717) is 13.1 Å². The number of likely N-dealkylation sites (tertiary alicyclic amines) is 1. The van der Waals surface area contributed by atoms with E-state index in [1.165, 1.54) is 0 Å². The second kappa shape index (κ2) is 7.42. The molecule has 1 saturated carbocycles. The van der Waals surface area contributed by atoms with Crippen LogP contribution in [0.1, 0.15) is 74.6 Å². The van der Waals surface area contributed by atoms with Crippen LogP contribution in [0.4, 0.5) is 4.79 Å². The summed E-state index contributed by atoms with van der Waals surface area (Å²) in [5, 5.41) is 8.26. The largest absolute Gasteiger partial charge is 0.445 e. The fraction of sp³-hybridized carbons (Fsp3) is 0.765. The highest BCUT2D eigenvalue weighted by Gasteiger charge is 2.38. The van der Waals surface area contributed by atoms with Crippen molar-refractivity contribution < 1.29 is 19.1 Å². The van der Waals surface area contributed by atoms with E-state index in [1.807, 2.05) is 20.8 Å². The molecule has 2 heterocycles. The van der Waals surface area contributed by atoms with Gasteiger partial charge in [-0.2, -0.15) is 0 Å². The van der Waals surface area contributed by atoms with Crippen molar-refractivity contribution in [3.63, 3.8) is 0 Å². The van der Waals surface area contributed by atoms with Crippen molar-refractivity contribution in [3.8, 4) is 0 Å². The molecule has 0 bridgehead atoms. The summed E-state index contributed by atoms with van der Waals surface area (Å²) in [7, 11) is 0. The topological polar surface area (TPSA) is 86.5 Å². The van der Waals surface area contributed by atoms with Crippen LogP contribution in [-0.4, -0.2) is 56.7 Å². The lowest BCUT2D eigenvalue weighted by molar-refractivity contribution is 0.0164. The summed E-state index contributed by atoms with van der Waals surface area (Å²) in [6, 6.07) is -0.247. The highest BCUT2D eigenvalue weighted by atomic mass is 35.5. The minimum absolute atomic E-state index is 0.0306. The third-order valence-corrected chi connectivity index (χ3v) is 4.58. The van der Waals surface area contributed by atoms with Crippen molar-refractivity contribution in [2.24, 2.45) is 0 Å². The molecule has 0 N–H and O–H groups in total. The molecule has 1 atom stereocenters. The summed E-state index contributed by atoms with van der Waals surface area (Å²) in [6.07, 6.45) is 3.38. The first-order chi connectivity index (χ1) is 12.3. The summed E-state index contributed by atoms with van der Waals surface area (Å²) >= 11 is 5.50. The second-order valence-corrected chi connectivity index (χ2v) is 8.02. The molecule has 144 valence electrons. The Balaban J connectivity index is 1.78. The molecule has 1 saturated heterocycles. The predicted octanol–water partition coefficient (Wildman–Crippen LogP) is 3.08. The van der Waals surface area contributed by atoms with Gasteiger partial charge in [0.15, 0.2) is 11.8 Å². The predicted molar refractivity (Wildman–Crippen MR) is 94.2 cm³/mol. The van der Waals surface area contributed by atoms with Crippen LogP contribution in [0, 0.1) is 0 Å². The molecule has 1 aliphatic heterocycles. The van der Waals surface area contributed by atoms with Crippen LogP contribution in [0.5, 0.6) is 0 Å². The Kier molecular flexibility index (Phi) is 5.41. The maximum Gasteiger partial charge on any atom is 0.410 e. The van der Waals surface area contributed by atoms with Crippen molar-refractivity contribution in [2.45, 2.75) is 64.0 Å². The number of hydrogen-bond acceptors (Lipinski definition) is 6. The molecule has 0 aromatic carbocycles. The monoisotopic (exact) mass is 384 g/mol. The molecule has 3 rings (SSSR count). The van der Waals surface area contributed by atoms with Crippen LogP contribution in [0.15, 0.2) is 0 Å². The van der Waals surface area contributed by atoms with Gasteiger partial charge in [0.2, 0.25) is 0 Å². The fourth-order valence-electron chi connectivity index (χ4n) is 3.22. The molecule has 0 spiro atoms. The number of amides is 1. The lowest BCUT2D eigenvalue weighted by Gasteiger charge is -2.34. The normalized spacial score (nSPS) is 20.8. The number of ether oxygens (including phenoxy) is 2. The van der Waals surface area contributed by atoms with Crippen LogP contribution in [0.25, 0.3) is 0 Å². The number of piperidine rings is 1. The first-order valence-electron chi connectivity index (χ1n) is 8.96. The van der Waals surface area contributed by atoms with E-state index < -0.39 is 11.6 Å². The van der Waals surface area contributed by atoms with Gasteiger partial charge >= 0.3 is 12.1 Å². The average Bonchev–Trinajstić information content (AvgIpc) is 3.31. The molecular formula is C17H25ClN4O4. The number of alkyl halides is 1. The quantitative estimate of drug-likeness (QED) is 0.585. The minimum Gasteiger partial charge on any atom is -0.445 e. The van der Waals surface area contributed by atoms with E-state index in [1.54, 1.807) is 9.58 Å². The van der Waals surface area contributed by atoms with Gasteiger partial charge in [-0.15, -0.1) is 5.10 Å². The van der Waals surface area contributed by atoms with E-state index in [0.717, 1.165) is 31.4 Å². The Morgan fingerprint density at radius 2 is 2.00 bits per heavy atom. The minimum atomic E-state index is -0.548. The van der Waals surface area contributed by atoms with Crippen molar-refractivity contribution in [1.82, 2.24) is 19.9 Å². The number of halogens is 1. The van der Waals surface area contributed by atoms with Crippen LogP contribution < -0.4 is 0 Å². The Labute approximate surface area is 157 Å². The Bertz CT molecular complexity index is 681. The highest BCUT2D eigenvalue weighted by Crippen LogP contribution is 2.42. The van der Waals surface area contributed by atoms with Gasteiger partial charge in [-0.25, -0.2) is 14.3 Å². The number of carbonyl (C=O) groups is 2. The van der Waals surface area contributed by atoms with E-state index >= 15 is 0 Å². The number of rotatable bonds is 4. The fourth-order valence-corrected chi connectivity index (χ4v) is 3.32. The molecule has 2 fully saturated rings. The highest BCUT2D eigenvalue weighted by molar-refractivity contribution is 6.17. The van der Waals surface area contributed by atoms with Crippen molar-refractivity contribution in [2.75, 3.05) is 19.2 Å². The van der Waals surface area contributed by atoms with Gasteiger partial charge in [0.1, 0.15) is 5.60 Å². The van der Waals surface area contributed by atoms with E-state index in [4.69, 9.17) is 21.1 Å². The SMILES string of the molecule is CC(C)(C)OC(=O)N1CCCC(n2nnc(C(=O)OCCl)c2C2CC2)C1. The lowest BCUT2D eigenvalue weighted by Crippen LogP contribution is -2.43. The smallest absolute Gasteiger partial charge is 0.410 e. The van der Waals surface area contributed by atoms with Gasteiger partial charge in [0.25, 0.3) is 0 Å². The Morgan fingerprint density at radius 3 is 2.62 bits per heavy atom. The number of aromatic nitrogens is 3. The molecule has 9 heteroatoms. The summed E-state index contributed by atoms with van der Waals surface area (Å²) < 4.78 is 12.2. The number of esters is 1. The molecule has 1 unspecified atom stereocenters. The van der Waals surface area contributed by atoms with Crippen LogP contribution in [-0.2, 0) is 9.47 Å². The van der Waals surface area contributed by atoms with Gasteiger partial charge in [-0.3, -0.25) is 0 Å². The first-order valence-corrected chi connectivity index (χ1v) is 9.49. The van der Waals surface area contributed by atoms with Gasteiger partial charge in [0.05, 0.1) is 11.7 Å². The van der Waals surface area contributed by atoms with Crippen molar-refractivity contribution >= 4 is 23.7 Å². The summed E-state index contributed by atoms with van der Waals surface area (Å²) in [6.45, 7) is 6.69. The maximum absolute atomic E-state index is 12.4. The summed E-state index contributed by atoms with van der Waals surface area (Å²) in [5.74, 6) is -0.285. The van der Waals surface area contributed by atoms with Crippen molar-refractivity contribution in [3.05, 3.63) is 11.4 Å². The Hall–Kier alpha value is -1.83. The molecule has 1 aromatic heterocycles. The van der Waals surface area contributed by atoms with E-state index in [9.17, 15) is 9.59 Å². The van der Waals surface area contributed by atoms with Crippen LogP contribution in [0.3, 0.4) is 0 Å². The molecular weight excluding hydrogens is 360 g/mol. The molecule has 26 heavy (non-hydrogen) atoms. The first kappa shape index (κ1) is 18.9. The van der Waals surface area contributed by atoms with E-state index in [-0.39, 0.29) is 29.8 Å². The van der Waals surface area contributed by atoms with Gasteiger partial charge in [-0.1, -0.05) is 16.8 Å². The maximum atomic E-state index is 12.4. The third kappa shape index (κ3) is 4.28. The number of hydrogen-bond donors (Lipinski definition) is 0. The Morgan fingerprint density at radius 1 is 1.27 bits per heavy atom. The number of nitrogens with zero attached hydrogens (tertiary/aromatic N) is 4. The molecule has 2 aliphatic rings. The summed E-state index contributed by atoms with van der Waals surface area (Å²) in [5.41, 5.74) is 0.508. The number of carbonyl (C=O) groups excluding carboxylic acids is 2. The third-order valence-electron chi connectivity index (χ3n) is 4.47. The molecule has 1 amide bonds. The van der Waals surface area contributed by atoms with Gasteiger partial charge in [-0.05, 0) is 46.5 Å². The molecule has 1 aliphatic carbocycles. The van der Waals surface area contributed by atoms with Crippen LogP contribution in [0.2, 0.25) is 0 Å². The van der Waals surface area contributed by atoms with Gasteiger partial charge in [0, 0.05) is 19.0 Å². The van der Waals surface area contributed by atoms with Gasteiger partial charge < -0.3 is 14.4 Å². The molecule has 8 nitrogen and oxygen atoms in total. The lowest BCUT2D eigenvalue weighted by atomic mass is 10.1. The van der Waals surface area contributed by atoms with E-state index in [2.05, 4.69) is 10.3 Å². The molecule has 0 radical (unpaired) electrons.